The van der Waals surface area contributed by atoms with Crippen LogP contribution in [0.2, 0.25) is 0 Å². The molecule has 0 aromatic heterocycles. The summed E-state index contributed by atoms with van der Waals surface area (Å²) in [6.07, 6.45) is 11.9. The summed E-state index contributed by atoms with van der Waals surface area (Å²) in [4.78, 5) is 9.88. The van der Waals surface area contributed by atoms with Crippen molar-refractivity contribution < 1.29 is 0 Å². The van der Waals surface area contributed by atoms with Crippen molar-refractivity contribution in [2.45, 2.75) is 75.0 Å². The predicted octanol–water partition coefficient (Wildman–Crippen LogP) is 26.0. The Morgan fingerprint density at radius 2 is 0.458 bits per heavy atom. The van der Waals surface area contributed by atoms with Gasteiger partial charge in [0.25, 0.3) is 0 Å². The lowest BCUT2D eigenvalue weighted by atomic mass is 9.67. The second kappa shape index (κ2) is 24.0. The highest BCUT2D eigenvalue weighted by Gasteiger charge is 2.46. The molecule has 14 aromatic carbocycles. The molecule has 14 aromatic rings. The molecule has 2 fully saturated rings. The molecule has 0 radical (unpaired) electrons. The van der Waals surface area contributed by atoms with Crippen LogP contribution < -0.4 is 19.6 Å². The second-order valence-corrected chi connectivity index (χ2v) is 27.0. The Kier molecular flexibility index (Phi) is 14.4. The molecule has 2 saturated carbocycles. The van der Waals surface area contributed by atoms with Crippen LogP contribution in [0.5, 0.6) is 0 Å². The van der Waals surface area contributed by atoms with Crippen molar-refractivity contribution in [1.82, 2.24) is 0 Å². The Hall–Kier alpha value is -11.2. The van der Waals surface area contributed by atoms with E-state index >= 15 is 0 Å². The molecule has 96 heavy (non-hydrogen) atoms. The number of benzene rings is 14. The highest BCUT2D eigenvalue weighted by atomic mass is 15.2. The highest BCUT2D eigenvalue weighted by molar-refractivity contribution is 6.02. The molecule has 0 N–H and O–H groups in total. The van der Waals surface area contributed by atoms with E-state index in [1.165, 1.54) is 150 Å². The monoisotopic (exact) mass is 1230 g/mol. The molecular weight excluding hydrogens is 1160 g/mol. The molecule has 4 heteroatoms. The lowest BCUT2D eigenvalue weighted by Crippen LogP contribution is -2.28. The van der Waals surface area contributed by atoms with Crippen LogP contribution in [-0.2, 0) is 10.8 Å². The van der Waals surface area contributed by atoms with E-state index in [-0.39, 0.29) is 10.8 Å². The second-order valence-electron chi connectivity index (χ2n) is 27.0. The molecule has 0 bridgehead atoms. The van der Waals surface area contributed by atoms with Crippen LogP contribution in [0, 0.1) is 0 Å². The summed E-state index contributed by atoms with van der Waals surface area (Å²) < 4.78 is 0. The van der Waals surface area contributed by atoms with E-state index < -0.39 is 0 Å². The number of para-hydroxylation sites is 4. The first-order valence-electron chi connectivity index (χ1n) is 34.7. The summed E-state index contributed by atoms with van der Waals surface area (Å²) in [6, 6.07) is 123. The molecule has 0 unspecified atom stereocenters. The van der Waals surface area contributed by atoms with E-state index in [1.54, 1.807) is 0 Å². The topological polar surface area (TPSA) is 13.0 Å². The van der Waals surface area contributed by atoms with Gasteiger partial charge in [0.15, 0.2) is 0 Å². The fourth-order valence-electron chi connectivity index (χ4n) is 17.4. The van der Waals surface area contributed by atoms with Crippen LogP contribution in [0.4, 0.5) is 68.2 Å². The fraction of sp³-hybridized carbons (Fsp3) is 0.130. The zero-order valence-corrected chi connectivity index (χ0v) is 54.0. The summed E-state index contributed by atoms with van der Waals surface area (Å²) in [7, 11) is 0. The molecule has 18 rings (SSSR count). The molecule has 4 aliphatic rings. The van der Waals surface area contributed by atoms with Gasteiger partial charge in [-0.1, -0.05) is 233 Å². The fourth-order valence-corrected chi connectivity index (χ4v) is 17.4. The molecule has 0 atom stereocenters. The Labute approximate surface area is 564 Å². The number of hydrogen-bond donors (Lipinski definition) is 0. The molecule has 0 aliphatic heterocycles. The zero-order chi connectivity index (χ0) is 63.6. The first kappa shape index (κ1) is 57.5. The van der Waals surface area contributed by atoms with Crippen molar-refractivity contribution in [3.63, 3.8) is 0 Å². The molecule has 0 amide bonds. The minimum atomic E-state index is -0.0964. The van der Waals surface area contributed by atoms with Crippen molar-refractivity contribution in [3.05, 3.63) is 350 Å². The van der Waals surface area contributed by atoms with Gasteiger partial charge in [-0.3, -0.25) is 0 Å². The number of rotatable bonds is 13. The van der Waals surface area contributed by atoms with E-state index in [0.29, 0.717) is 0 Å². The normalized spacial score (nSPS) is 14.6. The van der Waals surface area contributed by atoms with E-state index in [4.69, 9.17) is 0 Å². The largest absolute Gasteiger partial charge is 0.310 e. The van der Waals surface area contributed by atoms with Crippen molar-refractivity contribution in [3.8, 4) is 33.4 Å². The van der Waals surface area contributed by atoms with E-state index in [2.05, 4.69) is 347 Å². The van der Waals surface area contributed by atoms with Crippen LogP contribution in [-0.4, -0.2) is 0 Å². The van der Waals surface area contributed by atoms with Crippen LogP contribution in [0.15, 0.2) is 328 Å². The van der Waals surface area contributed by atoms with Crippen molar-refractivity contribution in [2.24, 2.45) is 0 Å². The SMILES string of the molecule is c1ccc(N(c2ccccc2)c2ccc3c(c2)C2(CCCCC2)c2cc(N(c4ccc(-c5ccc(N(c6ccc7c(c6)C6(CCCCC6)c6cc(N(c8ccccc8)c8ccccc8)ccc6-7)c6cccc7ccccc67)cc5)cc4)c4cccc5ccccc45)ccc2-3)cc1. The number of nitrogens with zero attached hydrogens (tertiary/aromatic N) is 4. The summed E-state index contributed by atoms with van der Waals surface area (Å²) in [5, 5.41) is 4.90. The lowest BCUT2D eigenvalue weighted by Gasteiger charge is -2.37. The Bertz CT molecular complexity index is 4770. The van der Waals surface area contributed by atoms with Gasteiger partial charge in [0.05, 0.1) is 11.4 Å². The minimum Gasteiger partial charge on any atom is -0.310 e. The van der Waals surface area contributed by atoms with Crippen molar-refractivity contribution >= 4 is 89.8 Å². The maximum atomic E-state index is 2.57. The van der Waals surface area contributed by atoms with E-state index in [0.717, 1.165) is 59.8 Å². The number of fused-ring (bicyclic) bond motifs is 12. The summed E-state index contributed by atoms with van der Waals surface area (Å²) in [5.41, 5.74) is 27.4. The predicted molar refractivity (Wildman–Crippen MR) is 404 cm³/mol. The highest BCUT2D eigenvalue weighted by Crippen LogP contribution is 2.61. The van der Waals surface area contributed by atoms with Gasteiger partial charge in [0.1, 0.15) is 0 Å². The van der Waals surface area contributed by atoms with E-state index in [1.807, 2.05) is 0 Å². The molecule has 4 nitrogen and oxygen atoms in total. The van der Waals surface area contributed by atoms with Gasteiger partial charge in [-0.25, -0.2) is 0 Å². The van der Waals surface area contributed by atoms with Gasteiger partial charge >= 0.3 is 0 Å². The molecule has 2 spiro atoms. The van der Waals surface area contributed by atoms with Crippen LogP contribution in [0.1, 0.15) is 86.5 Å². The Morgan fingerprint density at radius 1 is 0.198 bits per heavy atom. The zero-order valence-electron chi connectivity index (χ0n) is 54.0. The van der Waals surface area contributed by atoms with E-state index in [9.17, 15) is 0 Å². The van der Waals surface area contributed by atoms with Gasteiger partial charge < -0.3 is 19.6 Å². The van der Waals surface area contributed by atoms with Gasteiger partial charge in [-0.2, -0.15) is 0 Å². The van der Waals surface area contributed by atoms with Crippen LogP contribution >= 0.6 is 0 Å². The first-order chi connectivity index (χ1) is 47.6. The number of anilines is 12. The van der Waals surface area contributed by atoms with Crippen LogP contribution in [0.3, 0.4) is 0 Å². The molecule has 0 saturated heterocycles. The standard InChI is InChI=1S/C92H74N4/c1-7-29-69(30-8-1)93(70-31-9-2-10-32-70)75-49-53-81-83-55-51-77(63-87(83)91(85(81)61-75)57-19-5-20-58-91)95(89-39-23-27-67-25-15-17-37-79(67)89)73-45-41-65(42-46-73)66-43-47-74(48-44-66)96(90-40-24-28-68-26-16-18-38-80(68)90)78-52-56-84-82-54-50-76(62-86(82)92(88(84)64-78)59-21-6-22-60-92)94(71-33-11-3-12-34-71)72-35-13-4-14-36-72/h1-4,7-18,23-56,61-64H,5-6,19-22,57-60H2. The third-order valence-electron chi connectivity index (χ3n) is 21.8. The first-order valence-corrected chi connectivity index (χ1v) is 34.7. The van der Waals surface area contributed by atoms with Gasteiger partial charge in [-0.15, -0.1) is 0 Å². The molecular formula is C92H74N4. The smallest absolute Gasteiger partial charge is 0.0540 e. The number of hydrogen-bond acceptors (Lipinski definition) is 4. The minimum absolute atomic E-state index is 0.0964. The molecule has 0 heterocycles. The lowest BCUT2D eigenvalue weighted by molar-refractivity contribution is 0.353. The quantitative estimate of drug-likeness (QED) is 0.114. The van der Waals surface area contributed by atoms with Crippen molar-refractivity contribution in [1.29, 1.82) is 0 Å². The van der Waals surface area contributed by atoms with Crippen LogP contribution in [0.25, 0.3) is 54.9 Å². The average Bonchev–Trinajstić information content (AvgIpc) is 1.56. The maximum absolute atomic E-state index is 2.57. The summed E-state index contributed by atoms with van der Waals surface area (Å²) >= 11 is 0. The molecule has 4 aliphatic carbocycles. The summed E-state index contributed by atoms with van der Waals surface area (Å²) in [6.45, 7) is 0. The van der Waals surface area contributed by atoms with Crippen molar-refractivity contribution in [2.75, 3.05) is 19.6 Å². The average molecular weight is 1240 g/mol. The maximum Gasteiger partial charge on any atom is 0.0540 e. The van der Waals surface area contributed by atoms with Gasteiger partial charge in [0, 0.05) is 78.5 Å². The Balaban J connectivity index is 0.709. The Morgan fingerprint density at radius 3 is 0.781 bits per heavy atom. The summed E-state index contributed by atoms with van der Waals surface area (Å²) in [5.74, 6) is 0. The van der Waals surface area contributed by atoms with Gasteiger partial charge in [0.2, 0.25) is 0 Å². The third-order valence-corrected chi connectivity index (χ3v) is 21.8. The van der Waals surface area contributed by atoms with Gasteiger partial charge in [-0.05, 0) is 226 Å². The third kappa shape index (κ3) is 9.72. The molecule has 462 valence electrons.